The van der Waals surface area contributed by atoms with Crippen molar-refractivity contribution in [1.29, 1.82) is 0 Å². The minimum atomic E-state index is -0.586. The summed E-state index contributed by atoms with van der Waals surface area (Å²) in [5.41, 5.74) is 0. The Balaban J connectivity index is 2.60. The minimum Gasteiger partial charge on any atom is -0.409 e. The molecule has 5 heteroatoms. The molecule has 0 spiro atoms. The largest absolute Gasteiger partial charge is 0.439 e. The van der Waals surface area contributed by atoms with Gasteiger partial charge in [-0.3, -0.25) is 4.84 Å². The Bertz CT molecular complexity index is 395. The quantitative estimate of drug-likeness (QED) is 0.599. The monoisotopic (exact) mass is 255 g/mol. The Morgan fingerprint density at radius 2 is 2.35 bits per heavy atom. The third-order valence-corrected chi connectivity index (χ3v) is 2.08. The van der Waals surface area contributed by atoms with Gasteiger partial charge in [0, 0.05) is 11.6 Å². The zero-order valence-electron chi connectivity index (χ0n) is 9.56. The number of ether oxygens (including phenoxy) is 1. The van der Waals surface area contributed by atoms with E-state index in [0.717, 1.165) is 5.06 Å². The van der Waals surface area contributed by atoms with Gasteiger partial charge in [0.2, 0.25) is 0 Å². The zero-order chi connectivity index (χ0) is 12.7. The first kappa shape index (κ1) is 13.5. The average molecular weight is 256 g/mol. The lowest BCUT2D eigenvalue weighted by molar-refractivity contribution is -0.113. The van der Waals surface area contributed by atoms with E-state index in [4.69, 9.17) is 21.2 Å². The molecule has 0 fully saturated rings. The molecule has 0 atom stereocenters. The van der Waals surface area contributed by atoms with Crippen LogP contribution in [-0.2, 0) is 4.84 Å². The van der Waals surface area contributed by atoms with E-state index in [2.05, 4.69) is 6.58 Å². The van der Waals surface area contributed by atoms with Crippen LogP contribution in [0.5, 0.6) is 5.75 Å². The number of amides is 1. The molecule has 0 aliphatic rings. The maximum atomic E-state index is 11.7. The van der Waals surface area contributed by atoms with Gasteiger partial charge < -0.3 is 4.74 Å². The van der Waals surface area contributed by atoms with Crippen molar-refractivity contribution in [3.8, 4) is 5.75 Å². The van der Waals surface area contributed by atoms with Gasteiger partial charge in [-0.1, -0.05) is 23.7 Å². The molecule has 1 aromatic rings. The maximum Gasteiger partial charge on any atom is 0.439 e. The zero-order valence-corrected chi connectivity index (χ0v) is 10.3. The lowest BCUT2D eigenvalue weighted by Gasteiger charge is -2.18. The first-order valence-corrected chi connectivity index (χ1v) is 5.54. The molecule has 0 saturated carbocycles. The molecule has 1 amide bonds. The van der Waals surface area contributed by atoms with Gasteiger partial charge in [-0.15, -0.1) is 6.58 Å². The van der Waals surface area contributed by atoms with Crippen molar-refractivity contribution >= 4 is 17.7 Å². The standard InChI is InChI=1S/C12H14ClNO3/c1-3-8-16-14(4-2)12(15)17-11-7-5-6-10(13)9-11/h3,5-7,9H,1,4,8H2,2H3. The fraction of sp³-hybridized carbons (Fsp3) is 0.250. The molecule has 92 valence electrons. The summed E-state index contributed by atoms with van der Waals surface area (Å²) in [5.74, 6) is 0.378. The summed E-state index contributed by atoms with van der Waals surface area (Å²) in [6, 6.07) is 6.60. The van der Waals surface area contributed by atoms with Crippen LogP contribution in [0.2, 0.25) is 5.02 Å². The smallest absolute Gasteiger partial charge is 0.409 e. The highest BCUT2D eigenvalue weighted by molar-refractivity contribution is 6.30. The molecule has 0 aliphatic carbocycles. The van der Waals surface area contributed by atoms with Crippen molar-refractivity contribution in [3.63, 3.8) is 0 Å². The van der Waals surface area contributed by atoms with Crippen molar-refractivity contribution in [2.24, 2.45) is 0 Å². The normalized spacial score (nSPS) is 9.76. The van der Waals surface area contributed by atoms with Crippen LogP contribution >= 0.6 is 11.6 Å². The third kappa shape index (κ3) is 4.46. The summed E-state index contributed by atoms with van der Waals surface area (Å²) < 4.78 is 5.09. The molecule has 0 unspecified atom stereocenters. The Kier molecular flexibility index (Phi) is 5.52. The molecule has 0 aliphatic heterocycles. The highest BCUT2D eigenvalue weighted by Crippen LogP contribution is 2.17. The minimum absolute atomic E-state index is 0.248. The van der Waals surface area contributed by atoms with E-state index in [9.17, 15) is 4.79 Å². The van der Waals surface area contributed by atoms with Gasteiger partial charge in [0.1, 0.15) is 5.75 Å². The number of benzene rings is 1. The fourth-order valence-electron chi connectivity index (χ4n) is 1.10. The molecule has 1 aromatic carbocycles. The number of rotatable bonds is 5. The van der Waals surface area contributed by atoms with Crippen LogP contribution in [0.4, 0.5) is 4.79 Å². The van der Waals surface area contributed by atoms with Crippen molar-refractivity contribution < 1.29 is 14.4 Å². The van der Waals surface area contributed by atoms with E-state index in [1.165, 1.54) is 0 Å². The second-order valence-corrected chi connectivity index (χ2v) is 3.54. The second-order valence-electron chi connectivity index (χ2n) is 3.10. The number of carbonyl (C=O) groups is 1. The lowest BCUT2D eigenvalue weighted by Crippen LogP contribution is -2.33. The van der Waals surface area contributed by atoms with E-state index >= 15 is 0 Å². The molecule has 1 rings (SSSR count). The molecular weight excluding hydrogens is 242 g/mol. The predicted octanol–water partition coefficient (Wildman–Crippen LogP) is 3.28. The van der Waals surface area contributed by atoms with Crippen LogP contribution in [0.3, 0.4) is 0 Å². The van der Waals surface area contributed by atoms with E-state index in [1.807, 2.05) is 0 Å². The van der Waals surface area contributed by atoms with Gasteiger partial charge in [-0.2, -0.15) is 5.06 Å². The van der Waals surface area contributed by atoms with Crippen LogP contribution in [0.25, 0.3) is 0 Å². The molecule has 0 radical (unpaired) electrons. The van der Waals surface area contributed by atoms with E-state index in [1.54, 1.807) is 37.3 Å². The highest BCUT2D eigenvalue weighted by Gasteiger charge is 2.14. The van der Waals surface area contributed by atoms with E-state index in [-0.39, 0.29) is 6.61 Å². The van der Waals surface area contributed by atoms with Crippen LogP contribution in [-0.4, -0.2) is 24.3 Å². The summed E-state index contributed by atoms with van der Waals surface area (Å²) in [6.07, 6.45) is 0.964. The van der Waals surface area contributed by atoms with Gasteiger partial charge in [-0.05, 0) is 25.1 Å². The van der Waals surface area contributed by atoms with Crippen molar-refractivity contribution in [1.82, 2.24) is 5.06 Å². The summed E-state index contributed by atoms with van der Waals surface area (Å²) >= 11 is 5.78. The van der Waals surface area contributed by atoms with Gasteiger partial charge in [0.15, 0.2) is 0 Å². The molecular formula is C12H14ClNO3. The molecule has 0 aromatic heterocycles. The number of nitrogens with zero attached hydrogens (tertiary/aromatic N) is 1. The van der Waals surface area contributed by atoms with Crippen molar-refractivity contribution in [3.05, 3.63) is 41.9 Å². The molecule has 4 nitrogen and oxygen atoms in total. The van der Waals surface area contributed by atoms with Crippen molar-refractivity contribution in [2.45, 2.75) is 6.92 Å². The Morgan fingerprint density at radius 3 is 2.94 bits per heavy atom. The van der Waals surface area contributed by atoms with E-state index in [0.29, 0.717) is 17.3 Å². The molecule has 0 heterocycles. The Hall–Kier alpha value is -1.52. The average Bonchev–Trinajstić information content (AvgIpc) is 2.30. The topological polar surface area (TPSA) is 38.8 Å². The van der Waals surface area contributed by atoms with Gasteiger partial charge in [0.05, 0.1) is 6.61 Å². The van der Waals surface area contributed by atoms with Crippen molar-refractivity contribution in [2.75, 3.05) is 13.2 Å². The highest BCUT2D eigenvalue weighted by atomic mass is 35.5. The summed E-state index contributed by atoms with van der Waals surface area (Å²) in [5, 5.41) is 1.62. The number of halogens is 1. The number of hydroxylamine groups is 2. The lowest BCUT2D eigenvalue weighted by atomic mass is 10.3. The second kappa shape index (κ2) is 6.93. The van der Waals surface area contributed by atoms with Crippen LogP contribution in [0.15, 0.2) is 36.9 Å². The van der Waals surface area contributed by atoms with Gasteiger partial charge in [-0.25, -0.2) is 4.79 Å². The van der Waals surface area contributed by atoms with Gasteiger partial charge >= 0.3 is 6.09 Å². The summed E-state index contributed by atoms with van der Waals surface area (Å²) in [6.45, 7) is 5.91. The maximum absolute atomic E-state index is 11.7. The number of carbonyl (C=O) groups excluding carboxylic acids is 1. The molecule has 17 heavy (non-hydrogen) atoms. The summed E-state index contributed by atoms with van der Waals surface area (Å²) in [7, 11) is 0. The van der Waals surface area contributed by atoms with Crippen LogP contribution < -0.4 is 4.74 Å². The third-order valence-electron chi connectivity index (χ3n) is 1.84. The van der Waals surface area contributed by atoms with Crippen LogP contribution in [0.1, 0.15) is 6.92 Å². The number of hydrogen-bond donors (Lipinski definition) is 0. The first-order valence-electron chi connectivity index (χ1n) is 5.16. The Morgan fingerprint density at radius 1 is 1.59 bits per heavy atom. The SMILES string of the molecule is C=CCON(CC)C(=O)Oc1cccc(Cl)c1. The fourth-order valence-corrected chi connectivity index (χ4v) is 1.28. The number of hydrogen-bond acceptors (Lipinski definition) is 3. The molecule has 0 saturated heterocycles. The van der Waals surface area contributed by atoms with E-state index < -0.39 is 6.09 Å². The first-order chi connectivity index (χ1) is 8.17. The summed E-state index contributed by atoms with van der Waals surface area (Å²) in [4.78, 5) is 16.8. The molecule has 0 N–H and O–H groups in total. The molecule has 0 bridgehead atoms. The van der Waals surface area contributed by atoms with Crippen LogP contribution in [0, 0.1) is 0 Å². The predicted molar refractivity (Wildman–Crippen MR) is 66.0 cm³/mol. The Labute approximate surface area is 105 Å². The van der Waals surface area contributed by atoms with Gasteiger partial charge in [0.25, 0.3) is 0 Å².